The van der Waals surface area contributed by atoms with Gasteiger partial charge < -0.3 is 4.90 Å². The lowest BCUT2D eigenvalue weighted by Crippen LogP contribution is -2.42. The molecule has 0 aliphatic heterocycles. The Morgan fingerprint density at radius 3 is 2.41 bits per heavy atom. The van der Waals surface area contributed by atoms with Gasteiger partial charge in [-0.15, -0.1) is 0 Å². The van der Waals surface area contributed by atoms with Crippen LogP contribution in [0.15, 0.2) is 71.5 Å². The van der Waals surface area contributed by atoms with E-state index in [2.05, 4.69) is 11.1 Å². The Balaban J connectivity index is 1.95. The minimum atomic E-state index is -3.88. The van der Waals surface area contributed by atoms with Gasteiger partial charge in [0, 0.05) is 24.6 Å². The molecule has 27 heavy (non-hydrogen) atoms. The molecule has 0 saturated heterocycles. The fourth-order valence-corrected chi connectivity index (χ4v) is 4.63. The normalized spacial score (nSPS) is 13.9. The summed E-state index contributed by atoms with van der Waals surface area (Å²) in [6.07, 6.45) is 7.92. The number of benzene rings is 1. The van der Waals surface area contributed by atoms with Crippen LogP contribution in [-0.4, -0.2) is 37.3 Å². The van der Waals surface area contributed by atoms with Gasteiger partial charge in [0.15, 0.2) is 0 Å². The van der Waals surface area contributed by atoms with Gasteiger partial charge in [-0.25, -0.2) is 8.42 Å². The van der Waals surface area contributed by atoms with Crippen molar-refractivity contribution in [2.24, 2.45) is 0 Å². The maximum Gasteiger partial charge on any atom is 0.264 e. The summed E-state index contributed by atoms with van der Waals surface area (Å²) in [6.45, 7) is 2.16. The third kappa shape index (κ3) is 4.19. The lowest BCUT2D eigenvalue weighted by atomic mass is 10.3. The van der Waals surface area contributed by atoms with E-state index < -0.39 is 10.0 Å². The van der Waals surface area contributed by atoms with Gasteiger partial charge in [0.1, 0.15) is 6.54 Å². The third-order valence-electron chi connectivity index (χ3n) is 4.54. The maximum absolute atomic E-state index is 13.2. The number of anilines is 1. The Morgan fingerprint density at radius 2 is 1.81 bits per heavy atom. The van der Waals surface area contributed by atoms with Crippen LogP contribution in [-0.2, 0) is 14.8 Å². The third-order valence-corrected chi connectivity index (χ3v) is 6.33. The van der Waals surface area contributed by atoms with Crippen molar-refractivity contribution in [3.63, 3.8) is 0 Å². The van der Waals surface area contributed by atoms with Crippen molar-refractivity contribution in [2.45, 2.75) is 31.1 Å². The van der Waals surface area contributed by atoms with Crippen molar-refractivity contribution in [1.29, 1.82) is 0 Å². The van der Waals surface area contributed by atoms with Crippen molar-refractivity contribution in [2.75, 3.05) is 17.4 Å². The van der Waals surface area contributed by atoms with E-state index in [-0.39, 0.29) is 17.3 Å². The van der Waals surface area contributed by atoms with Gasteiger partial charge in [-0.3, -0.25) is 14.1 Å². The van der Waals surface area contributed by atoms with E-state index in [0.717, 1.165) is 29.3 Å². The van der Waals surface area contributed by atoms with Crippen LogP contribution in [0.2, 0.25) is 0 Å². The van der Waals surface area contributed by atoms with E-state index in [9.17, 15) is 13.2 Å². The Morgan fingerprint density at radius 1 is 1.11 bits per heavy atom. The topological polar surface area (TPSA) is 70.6 Å². The number of likely N-dealkylation sites (N-methyl/N-ethyl adjacent to an activating group) is 1. The Bertz CT molecular complexity index is 912. The molecule has 3 rings (SSSR count). The average molecular weight is 385 g/mol. The fourth-order valence-electron chi connectivity index (χ4n) is 3.19. The highest BCUT2D eigenvalue weighted by molar-refractivity contribution is 7.92. The van der Waals surface area contributed by atoms with Crippen molar-refractivity contribution in [1.82, 2.24) is 9.88 Å². The zero-order chi connectivity index (χ0) is 19.3. The molecule has 0 fully saturated rings. The lowest BCUT2D eigenvalue weighted by molar-refractivity contribution is -0.127. The van der Waals surface area contributed by atoms with Gasteiger partial charge in [0.05, 0.1) is 10.6 Å². The van der Waals surface area contributed by atoms with Crippen molar-refractivity contribution >= 4 is 21.6 Å². The SMILES string of the molecule is CCN(C(=O)CN(c1ccncc1)S(=O)(=O)c1ccccc1)C1=CCCC1. The molecular formula is C20H23N3O3S. The molecule has 0 spiro atoms. The van der Waals surface area contributed by atoms with Crippen molar-refractivity contribution in [3.05, 3.63) is 66.6 Å². The summed E-state index contributed by atoms with van der Waals surface area (Å²) in [6, 6.07) is 11.3. The number of nitrogens with zero attached hydrogens (tertiary/aromatic N) is 3. The van der Waals surface area contributed by atoms with Gasteiger partial charge in [0.2, 0.25) is 5.91 Å². The number of aromatic nitrogens is 1. The number of rotatable bonds is 7. The first-order valence-electron chi connectivity index (χ1n) is 9.01. The molecule has 1 aromatic carbocycles. The molecular weight excluding hydrogens is 362 g/mol. The van der Waals surface area contributed by atoms with Crippen LogP contribution in [0.4, 0.5) is 5.69 Å². The van der Waals surface area contributed by atoms with Crippen LogP contribution in [0.3, 0.4) is 0 Å². The van der Waals surface area contributed by atoms with Crippen LogP contribution in [0, 0.1) is 0 Å². The monoisotopic (exact) mass is 385 g/mol. The molecule has 2 aromatic rings. The molecule has 1 amide bonds. The second-order valence-corrected chi connectivity index (χ2v) is 8.12. The van der Waals surface area contributed by atoms with E-state index in [1.165, 1.54) is 24.5 Å². The maximum atomic E-state index is 13.2. The van der Waals surface area contributed by atoms with E-state index in [1.54, 1.807) is 35.2 Å². The molecule has 0 unspecified atom stereocenters. The predicted octanol–water partition coefficient (Wildman–Crippen LogP) is 3.19. The molecule has 1 aromatic heterocycles. The predicted molar refractivity (Wildman–Crippen MR) is 105 cm³/mol. The van der Waals surface area contributed by atoms with Gasteiger partial charge in [0.25, 0.3) is 10.0 Å². The number of hydrogen-bond donors (Lipinski definition) is 0. The highest BCUT2D eigenvalue weighted by Crippen LogP contribution is 2.25. The van der Waals surface area contributed by atoms with Crippen LogP contribution in [0.1, 0.15) is 26.2 Å². The molecule has 0 saturated carbocycles. The number of carbonyl (C=O) groups excluding carboxylic acids is 1. The second-order valence-electron chi connectivity index (χ2n) is 6.26. The van der Waals surface area contributed by atoms with Crippen LogP contribution in [0.5, 0.6) is 0 Å². The molecule has 142 valence electrons. The Kier molecular flexibility index (Phi) is 5.91. The summed E-state index contributed by atoms with van der Waals surface area (Å²) in [5.41, 5.74) is 1.40. The van der Waals surface area contributed by atoms with Gasteiger partial charge in [-0.2, -0.15) is 0 Å². The van der Waals surface area contributed by atoms with Gasteiger partial charge >= 0.3 is 0 Å². The Labute approximate surface area is 160 Å². The minimum absolute atomic E-state index is 0.151. The first-order chi connectivity index (χ1) is 13.0. The summed E-state index contributed by atoms with van der Waals surface area (Å²) in [4.78, 5) is 18.8. The number of pyridine rings is 1. The lowest BCUT2D eigenvalue weighted by Gasteiger charge is -2.28. The molecule has 1 heterocycles. The minimum Gasteiger partial charge on any atom is -0.315 e. The molecule has 7 heteroatoms. The van der Waals surface area contributed by atoms with E-state index in [0.29, 0.717) is 12.2 Å². The van der Waals surface area contributed by atoms with E-state index in [1.807, 2.05) is 6.92 Å². The van der Waals surface area contributed by atoms with E-state index >= 15 is 0 Å². The summed E-state index contributed by atoms with van der Waals surface area (Å²) in [7, 11) is -3.88. The molecule has 0 bridgehead atoms. The highest BCUT2D eigenvalue weighted by Gasteiger charge is 2.29. The first kappa shape index (κ1) is 19.1. The number of amides is 1. The summed E-state index contributed by atoms with van der Waals surface area (Å²) in [5.74, 6) is -0.234. The second kappa shape index (κ2) is 8.35. The van der Waals surface area contributed by atoms with Crippen molar-refractivity contribution < 1.29 is 13.2 Å². The van der Waals surface area contributed by atoms with Crippen LogP contribution >= 0.6 is 0 Å². The largest absolute Gasteiger partial charge is 0.315 e. The molecule has 0 N–H and O–H groups in total. The first-order valence-corrected chi connectivity index (χ1v) is 10.4. The zero-order valence-corrected chi connectivity index (χ0v) is 16.1. The summed E-state index contributed by atoms with van der Waals surface area (Å²) < 4.78 is 27.6. The summed E-state index contributed by atoms with van der Waals surface area (Å²) >= 11 is 0. The molecule has 0 radical (unpaired) electrons. The molecule has 1 aliphatic rings. The fraction of sp³-hybridized carbons (Fsp3) is 0.300. The molecule has 6 nitrogen and oxygen atoms in total. The highest BCUT2D eigenvalue weighted by atomic mass is 32.2. The number of hydrogen-bond acceptors (Lipinski definition) is 4. The average Bonchev–Trinajstić information content (AvgIpc) is 3.22. The Hall–Kier alpha value is -2.67. The molecule has 1 aliphatic carbocycles. The van der Waals surface area contributed by atoms with Crippen molar-refractivity contribution in [3.8, 4) is 0 Å². The van der Waals surface area contributed by atoms with E-state index in [4.69, 9.17) is 0 Å². The smallest absolute Gasteiger partial charge is 0.264 e. The zero-order valence-electron chi connectivity index (χ0n) is 15.3. The van der Waals surface area contributed by atoms with Crippen LogP contribution < -0.4 is 4.31 Å². The molecule has 0 atom stereocenters. The number of allylic oxidation sites excluding steroid dienone is 2. The van der Waals surface area contributed by atoms with Crippen LogP contribution in [0.25, 0.3) is 0 Å². The van der Waals surface area contributed by atoms with Gasteiger partial charge in [-0.05, 0) is 50.5 Å². The standard InChI is InChI=1S/C20H23N3O3S/c1-2-22(17-8-6-7-9-17)20(24)16-23(18-12-14-21-15-13-18)27(25,26)19-10-4-3-5-11-19/h3-5,8,10-15H,2,6-7,9,16H2,1H3. The quantitative estimate of drug-likeness (QED) is 0.734. The van der Waals surface area contributed by atoms with Gasteiger partial charge in [-0.1, -0.05) is 24.3 Å². The summed E-state index contributed by atoms with van der Waals surface area (Å²) in [5, 5.41) is 0. The number of sulfonamides is 1. The number of carbonyl (C=O) groups is 1.